The summed E-state index contributed by atoms with van der Waals surface area (Å²) in [5, 5.41) is 7.53. The van der Waals surface area contributed by atoms with Crippen molar-refractivity contribution < 1.29 is 0 Å². The molecule has 0 fully saturated rings. The minimum atomic E-state index is -0.0653. The van der Waals surface area contributed by atoms with Gasteiger partial charge in [0.2, 0.25) is 0 Å². The topological polar surface area (TPSA) is 103 Å². The third-order valence-electron chi connectivity index (χ3n) is 5.33. The number of rotatable bonds is 4. The van der Waals surface area contributed by atoms with Crippen molar-refractivity contribution in [3.05, 3.63) is 52.6 Å². The number of imidazole rings is 1. The lowest BCUT2D eigenvalue weighted by atomic mass is 10.1. The fourth-order valence-electron chi connectivity index (χ4n) is 3.50. The summed E-state index contributed by atoms with van der Waals surface area (Å²) in [6, 6.07) is 9.37. The van der Waals surface area contributed by atoms with Crippen LogP contribution in [0, 0.1) is 5.41 Å². The Bertz CT molecular complexity index is 1280. The molecule has 0 saturated carbocycles. The first-order valence-corrected chi connectivity index (χ1v) is 9.23. The molecule has 28 heavy (non-hydrogen) atoms. The van der Waals surface area contributed by atoms with E-state index in [-0.39, 0.29) is 11.7 Å². The Kier molecular flexibility index (Phi) is 4.22. The molecule has 0 amide bonds. The lowest BCUT2D eigenvalue weighted by molar-refractivity contribution is 0.521. The second-order valence-electron chi connectivity index (χ2n) is 7.01. The van der Waals surface area contributed by atoms with E-state index >= 15 is 0 Å². The van der Waals surface area contributed by atoms with Crippen molar-refractivity contribution in [3.63, 3.8) is 0 Å². The Morgan fingerprint density at radius 3 is 2.79 bits per heavy atom. The second-order valence-corrected chi connectivity index (χ2v) is 7.01. The highest BCUT2D eigenvalue weighted by Gasteiger charge is 2.19. The van der Waals surface area contributed by atoms with E-state index in [1.807, 2.05) is 35.8 Å². The number of fused-ring (bicyclic) bond motifs is 3. The van der Waals surface area contributed by atoms with Crippen LogP contribution in [0.25, 0.3) is 33.3 Å². The van der Waals surface area contributed by atoms with Crippen molar-refractivity contribution in [1.82, 2.24) is 19.1 Å². The predicted octanol–water partition coefficient (Wildman–Crippen LogP) is 3.50. The van der Waals surface area contributed by atoms with Crippen LogP contribution in [0.15, 0.2) is 41.3 Å². The van der Waals surface area contributed by atoms with Crippen LogP contribution < -0.4 is 11.4 Å². The molecule has 0 aliphatic carbocycles. The molecule has 3 N–H and O–H groups in total. The Labute approximate surface area is 162 Å². The summed E-state index contributed by atoms with van der Waals surface area (Å²) < 4.78 is 3.43. The van der Waals surface area contributed by atoms with Gasteiger partial charge in [0.05, 0.1) is 28.4 Å². The largest absolute Gasteiger partial charge is 0.398 e. The fraction of sp³-hybridized carbons (Fsp3) is 0.238. The van der Waals surface area contributed by atoms with E-state index in [0.717, 1.165) is 34.2 Å². The molecule has 0 bridgehead atoms. The SMILES string of the molecule is CCC(C)n1c(=O)n(C)c2cnc3ccc(-c4ccc(N)c(C=N)c4)nc3c21. The molecule has 4 aromatic rings. The van der Waals surface area contributed by atoms with Crippen LogP contribution in [0.5, 0.6) is 0 Å². The van der Waals surface area contributed by atoms with Crippen LogP contribution in [-0.2, 0) is 7.05 Å². The van der Waals surface area contributed by atoms with Gasteiger partial charge in [0, 0.05) is 36.1 Å². The highest BCUT2D eigenvalue weighted by Crippen LogP contribution is 2.28. The molecule has 0 aliphatic rings. The summed E-state index contributed by atoms with van der Waals surface area (Å²) >= 11 is 0. The number of nitrogen functional groups attached to an aromatic ring is 1. The molecule has 1 atom stereocenters. The molecule has 0 saturated heterocycles. The number of anilines is 1. The molecule has 0 aliphatic heterocycles. The maximum Gasteiger partial charge on any atom is 0.329 e. The maximum absolute atomic E-state index is 12.8. The zero-order valence-electron chi connectivity index (χ0n) is 16.1. The molecule has 3 heterocycles. The number of hydrogen-bond acceptors (Lipinski definition) is 5. The molecule has 0 radical (unpaired) electrons. The number of nitrogens with zero attached hydrogens (tertiary/aromatic N) is 4. The first-order valence-electron chi connectivity index (χ1n) is 9.23. The van der Waals surface area contributed by atoms with Crippen molar-refractivity contribution in [3.8, 4) is 11.3 Å². The van der Waals surface area contributed by atoms with Gasteiger partial charge in [0.25, 0.3) is 0 Å². The summed E-state index contributed by atoms with van der Waals surface area (Å²) in [5.74, 6) is 0. The van der Waals surface area contributed by atoms with Crippen LogP contribution >= 0.6 is 0 Å². The molecule has 7 heteroatoms. The molecular formula is C21H22N6O. The van der Waals surface area contributed by atoms with Crippen molar-refractivity contribution in [2.75, 3.05) is 5.73 Å². The third-order valence-corrected chi connectivity index (χ3v) is 5.33. The van der Waals surface area contributed by atoms with E-state index in [4.69, 9.17) is 16.1 Å². The summed E-state index contributed by atoms with van der Waals surface area (Å²) in [4.78, 5) is 22.2. The van der Waals surface area contributed by atoms with E-state index < -0.39 is 0 Å². The van der Waals surface area contributed by atoms with E-state index in [1.165, 1.54) is 6.21 Å². The molecule has 3 aromatic heterocycles. The monoisotopic (exact) mass is 374 g/mol. The number of nitrogens with one attached hydrogen (secondary N) is 1. The van der Waals surface area contributed by atoms with Gasteiger partial charge in [0.15, 0.2) is 0 Å². The van der Waals surface area contributed by atoms with Crippen molar-refractivity contribution in [2.24, 2.45) is 7.05 Å². The highest BCUT2D eigenvalue weighted by atomic mass is 16.1. The lowest BCUT2D eigenvalue weighted by Crippen LogP contribution is -2.24. The fourth-order valence-corrected chi connectivity index (χ4v) is 3.50. The van der Waals surface area contributed by atoms with E-state index in [9.17, 15) is 4.79 Å². The summed E-state index contributed by atoms with van der Waals surface area (Å²) in [7, 11) is 1.76. The van der Waals surface area contributed by atoms with Crippen molar-refractivity contribution in [1.29, 1.82) is 5.41 Å². The third kappa shape index (κ3) is 2.58. The zero-order chi connectivity index (χ0) is 20.0. The number of aromatic nitrogens is 4. The molecule has 0 spiro atoms. The number of hydrogen-bond donors (Lipinski definition) is 2. The average molecular weight is 374 g/mol. The minimum absolute atomic E-state index is 0.0493. The lowest BCUT2D eigenvalue weighted by Gasteiger charge is -2.12. The standard InChI is InChI=1S/C21H22N6O/c1-4-12(2)27-20-18(26(3)21(27)28)11-24-17-8-7-16(25-19(17)20)13-5-6-15(23)14(9-13)10-22/h5-12,22H,4,23H2,1-3H3. The van der Waals surface area contributed by atoms with Crippen molar-refractivity contribution in [2.45, 2.75) is 26.3 Å². The Morgan fingerprint density at radius 1 is 1.29 bits per heavy atom. The molecule has 1 unspecified atom stereocenters. The van der Waals surface area contributed by atoms with Crippen molar-refractivity contribution >= 4 is 34.0 Å². The van der Waals surface area contributed by atoms with Gasteiger partial charge in [-0.25, -0.2) is 9.78 Å². The second kappa shape index (κ2) is 6.60. The van der Waals surface area contributed by atoms with Crippen LogP contribution in [-0.4, -0.2) is 25.3 Å². The van der Waals surface area contributed by atoms with Crippen LogP contribution in [0.1, 0.15) is 31.9 Å². The van der Waals surface area contributed by atoms with Crippen LogP contribution in [0.3, 0.4) is 0 Å². The predicted molar refractivity (Wildman–Crippen MR) is 113 cm³/mol. The van der Waals surface area contributed by atoms with E-state index in [0.29, 0.717) is 16.8 Å². The van der Waals surface area contributed by atoms with Gasteiger partial charge < -0.3 is 11.1 Å². The van der Waals surface area contributed by atoms with Gasteiger partial charge in [-0.2, -0.15) is 0 Å². The first kappa shape index (κ1) is 17.9. The number of pyridine rings is 2. The van der Waals surface area contributed by atoms with Gasteiger partial charge in [0.1, 0.15) is 5.52 Å². The minimum Gasteiger partial charge on any atom is -0.398 e. The summed E-state index contributed by atoms with van der Waals surface area (Å²) in [6.45, 7) is 4.10. The molecule has 1 aromatic carbocycles. The highest BCUT2D eigenvalue weighted by molar-refractivity contribution is 6.00. The van der Waals surface area contributed by atoms with Gasteiger partial charge in [-0.05, 0) is 37.6 Å². The Morgan fingerprint density at radius 2 is 2.07 bits per heavy atom. The number of nitrogens with two attached hydrogens (primary N) is 1. The summed E-state index contributed by atoms with van der Waals surface area (Å²) in [5.41, 5.74) is 11.6. The Hall–Kier alpha value is -3.48. The smallest absolute Gasteiger partial charge is 0.329 e. The number of aryl methyl sites for hydroxylation is 1. The molecule has 7 nitrogen and oxygen atoms in total. The Balaban J connectivity index is 2.06. The first-order chi connectivity index (χ1) is 13.5. The zero-order valence-corrected chi connectivity index (χ0v) is 16.1. The molecule has 4 rings (SSSR count). The van der Waals surface area contributed by atoms with E-state index in [1.54, 1.807) is 23.9 Å². The van der Waals surface area contributed by atoms with Gasteiger partial charge in [-0.1, -0.05) is 13.0 Å². The maximum atomic E-state index is 12.8. The molecular weight excluding hydrogens is 352 g/mol. The quantitative estimate of drug-likeness (QED) is 0.421. The van der Waals surface area contributed by atoms with Gasteiger partial charge in [-0.3, -0.25) is 14.1 Å². The normalized spacial score (nSPS) is 12.5. The van der Waals surface area contributed by atoms with Gasteiger partial charge in [-0.15, -0.1) is 0 Å². The van der Waals surface area contributed by atoms with Gasteiger partial charge >= 0.3 is 5.69 Å². The van der Waals surface area contributed by atoms with Crippen LogP contribution in [0.4, 0.5) is 5.69 Å². The summed E-state index contributed by atoms with van der Waals surface area (Å²) in [6.07, 6.45) is 3.80. The number of benzene rings is 1. The van der Waals surface area contributed by atoms with Crippen LogP contribution in [0.2, 0.25) is 0 Å². The van der Waals surface area contributed by atoms with E-state index in [2.05, 4.69) is 11.9 Å². The average Bonchev–Trinajstić information content (AvgIpc) is 2.98. The molecule has 142 valence electrons.